The van der Waals surface area contributed by atoms with E-state index in [0.29, 0.717) is 6.42 Å². The van der Waals surface area contributed by atoms with Gasteiger partial charge >= 0.3 is 0 Å². The predicted octanol–water partition coefficient (Wildman–Crippen LogP) is 2.79. The summed E-state index contributed by atoms with van der Waals surface area (Å²) in [6.45, 7) is 2.92. The van der Waals surface area contributed by atoms with Crippen LogP contribution in [0.2, 0.25) is 0 Å². The number of hydrogen-bond donors (Lipinski definition) is 1. The Morgan fingerprint density at radius 3 is 2.79 bits per heavy atom. The van der Waals surface area contributed by atoms with Crippen molar-refractivity contribution in [3.8, 4) is 0 Å². The molecule has 1 saturated carbocycles. The zero-order valence-electron chi connectivity index (χ0n) is 12.1. The molecule has 0 aliphatic heterocycles. The van der Waals surface area contributed by atoms with Gasteiger partial charge in [-0.25, -0.2) is 0 Å². The van der Waals surface area contributed by atoms with E-state index in [1.165, 1.54) is 19.3 Å². The Labute approximate surface area is 115 Å². The van der Waals surface area contributed by atoms with Gasteiger partial charge in [0.05, 0.1) is 0 Å². The lowest BCUT2D eigenvalue weighted by atomic mass is 9.78. The number of hydrogen-bond acceptors (Lipinski definition) is 3. The van der Waals surface area contributed by atoms with E-state index in [0.717, 1.165) is 31.5 Å². The monoisotopic (exact) mass is 263 g/mol. The van der Waals surface area contributed by atoms with Crippen LogP contribution < -0.4 is 5.32 Å². The molecule has 1 aromatic rings. The normalized spacial score (nSPS) is 18.4. The highest BCUT2D eigenvalue weighted by atomic mass is 16.1. The molecule has 1 N–H and O–H groups in total. The van der Waals surface area contributed by atoms with Crippen LogP contribution in [0.3, 0.4) is 0 Å². The molecule has 2 rings (SSSR count). The summed E-state index contributed by atoms with van der Waals surface area (Å²) in [7, 11) is 1.99. The van der Waals surface area contributed by atoms with Gasteiger partial charge in [-0.3, -0.25) is 9.48 Å². The van der Waals surface area contributed by atoms with Crippen LogP contribution in [0.4, 0.5) is 0 Å². The number of rotatable bonds is 6. The average Bonchev–Trinajstić information content (AvgIpc) is 2.88. The van der Waals surface area contributed by atoms with Gasteiger partial charge in [-0.2, -0.15) is 5.10 Å². The van der Waals surface area contributed by atoms with Gasteiger partial charge in [0.2, 0.25) is 0 Å². The molecule has 0 aromatic carbocycles. The van der Waals surface area contributed by atoms with Gasteiger partial charge in [0.15, 0.2) is 5.78 Å². The van der Waals surface area contributed by atoms with Crippen LogP contribution in [-0.2, 0) is 6.54 Å². The van der Waals surface area contributed by atoms with Crippen molar-refractivity contribution >= 4 is 5.78 Å². The molecule has 0 amide bonds. The highest BCUT2D eigenvalue weighted by molar-refractivity contribution is 5.95. The molecule has 1 heterocycles. The predicted molar refractivity (Wildman–Crippen MR) is 76.3 cm³/mol. The minimum Gasteiger partial charge on any atom is -0.314 e. The molecule has 4 nitrogen and oxygen atoms in total. The van der Waals surface area contributed by atoms with Crippen molar-refractivity contribution in [1.29, 1.82) is 0 Å². The molecule has 0 unspecified atom stereocenters. The van der Waals surface area contributed by atoms with E-state index >= 15 is 0 Å². The van der Waals surface area contributed by atoms with E-state index in [-0.39, 0.29) is 11.3 Å². The molecule has 1 aliphatic rings. The fourth-order valence-electron chi connectivity index (χ4n) is 3.10. The minimum atomic E-state index is 0.0106. The van der Waals surface area contributed by atoms with Crippen LogP contribution >= 0.6 is 0 Å². The number of carbonyl (C=O) groups excluding carboxylic acids is 1. The van der Waals surface area contributed by atoms with Crippen LogP contribution in [0.1, 0.15) is 62.4 Å². The van der Waals surface area contributed by atoms with Gasteiger partial charge < -0.3 is 5.32 Å². The van der Waals surface area contributed by atoms with E-state index in [4.69, 9.17) is 0 Å². The molecule has 1 fully saturated rings. The fraction of sp³-hybridized carbons (Fsp3) is 0.733. The topological polar surface area (TPSA) is 46.9 Å². The second-order valence-electron chi connectivity index (χ2n) is 5.63. The average molecular weight is 263 g/mol. The van der Waals surface area contributed by atoms with Crippen LogP contribution in [0.15, 0.2) is 12.3 Å². The van der Waals surface area contributed by atoms with Crippen molar-refractivity contribution in [2.45, 2.75) is 64.0 Å². The third-order valence-corrected chi connectivity index (χ3v) is 4.28. The lowest BCUT2D eigenvalue weighted by Crippen LogP contribution is -2.46. The van der Waals surface area contributed by atoms with Crippen molar-refractivity contribution in [3.63, 3.8) is 0 Å². The third-order valence-electron chi connectivity index (χ3n) is 4.28. The van der Waals surface area contributed by atoms with Crippen molar-refractivity contribution in [2.75, 3.05) is 7.05 Å². The van der Waals surface area contributed by atoms with Crippen molar-refractivity contribution in [2.24, 2.45) is 0 Å². The number of aryl methyl sites for hydroxylation is 1. The van der Waals surface area contributed by atoms with E-state index < -0.39 is 0 Å². The summed E-state index contributed by atoms with van der Waals surface area (Å²) < 4.78 is 1.84. The van der Waals surface area contributed by atoms with Gasteiger partial charge in [-0.05, 0) is 32.4 Å². The highest BCUT2D eigenvalue weighted by Crippen LogP contribution is 2.31. The number of Topliss-reactive ketones (excluding diaryl/α,β-unsaturated/α-hetero) is 1. The van der Waals surface area contributed by atoms with Crippen LogP contribution in [0.25, 0.3) is 0 Å². The first-order chi connectivity index (χ1) is 9.21. The summed E-state index contributed by atoms with van der Waals surface area (Å²) in [5.74, 6) is 0.224. The van der Waals surface area contributed by atoms with Gasteiger partial charge in [0.25, 0.3) is 0 Å². The summed E-state index contributed by atoms with van der Waals surface area (Å²) in [6.07, 6.45) is 9.29. The van der Waals surface area contributed by atoms with Crippen molar-refractivity contribution in [3.05, 3.63) is 18.0 Å². The number of carbonyl (C=O) groups is 1. The Morgan fingerprint density at radius 1 is 1.42 bits per heavy atom. The molecule has 4 heteroatoms. The highest BCUT2D eigenvalue weighted by Gasteiger charge is 2.33. The molecule has 0 atom stereocenters. The Balaban J connectivity index is 2.08. The smallest absolute Gasteiger partial charge is 0.182 e. The summed E-state index contributed by atoms with van der Waals surface area (Å²) in [6, 6.07) is 1.85. The van der Waals surface area contributed by atoms with Crippen molar-refractivity contribution in [1.82, 2.24) is 15.1 Å². The summed E-state index contributed by atoms with van der Waals surface area (Å²) in [5, 5.41) is 7.66. The molecule has 0 spiro atoms. The maximum Gasteiger partial charge on any atom is 0.182 e. The molecular weight excluding hydrogens is 238 g/mol. The third kappa shape index (κ3) is 3.24. The molecule has 19 heavy (non-hydrogen) atoms. The van der Waals surface area contributed by atoms with Gasteiger partial charge in [0.1, 0.15) is 5.69 Å². The number of nitrogens with zero attached hydrogens (tertiary/aromatic N) is 2. The lowest BCUT2D eigenvalue weighted by molar-refractivity contribution is 0.0904. The molecular formula is C15H25N3O. The van der Waals surface area contributed by atoms with Crippen molar-refractivity contribution < 1.29 is 4.79 Å². The molecule has 0 saturated heterocycles. The minimum absolute atomic E-state index is 0.0106. The largest absolute Gasteiger partial charge is 0.314 e. The molecule has 106 valence electrons. The summed E-state index contributed by atoms with van der Waals surface area (Å²) in [4.78, 5) is 12.5. The Kier molecular flexibility index (Phi) is 4.75. The van der Waals surface area contributed by atoms with E-state index in [2.05, 4.69) is 17.3 Å². The standard InChI is InChI=1S/C15H25N3O/c1-3-11-18-13(7-10-17-18)14(19)12-15(16-2)8-5-4-6-9-15/h7,10,16H,3-6,8-9,11-12H2,1-2H3. The first kappa shape index (κ1) is 14.3. The lowest BCUT2D eigenvalue weighted by Gasteiger charge is -2.36. The van der Waals surface area contributed by atoms with E-state index in [1.807, 2.05) is 17.8 Å². The van der Waals surface area contributed by atoms with Crippen LogP contribution in [0, 0.1) is 0 Å². The Hall–Kier alpha value is -1.16. The van der Waals surface area contributed by atoms with Crippen LogP contribution in [-0.4, -0.2) is 28.2 Å². The number of ketones is 1. The first-order valence-corrected chi connectivity index (χ1v) is 7.45. The SMILES string of the molecule is CCCn1nccc1C(=O)CC1(NC)CCCCC1. The van der Waals surface area contributed by atoms with E-state index in [9.17, 15) is 4.79 Å². The first-order valence-electron chi connectivity index (χ1n) is 7.45. The van der Waals surface area contributed by atoms with E-state index in [1.54, 1.807) is 6.20 Å². The zero-order valence-corrected chi connectivity index (χ0v) is 12.1. The Morgan fingerprint density at radius 2 is 2.16 bits per heavy atom. The fourth-order valence-corrected chi connectivity index (χ4v) is 3.10. The number of aromatic nitrogens is 2. The van der Waals surface area contributed by atoms with Gasteiger partial charge in [0, 0.05) is 24.7 Å². The second-order valence-corrected chi connectivity index (χ2v) is 5.63. The molecule has 0 bridgehead atoms. The maximum absolute atomic E-state index is 12.5. The summed E-state index contributed by atoms with van der Waals surface area (Å²) in [5.41, 5.74) is 0.776. The quantitative estimate of drug-likeness (QED) is 0.803. The zero-order chi connectivity index (χ0) is 13.7. The second kappa shape index (κ2) is 6.33. The molecule has 0 radical (unpaired) electrons. The van der Waals surface area contributed by atoms with Gasteiger partial charge in [-0.1, -0.05) is 26.2 Å². The molecule has 1 aliphatic carbocycles. The van der Waals surface area contributed by atoms with Crippen LogP contribution in [0.5, 0.6) is 0 Å². The summed E-state index contributed by atoms with van der Waals surface area (Å²) >= 11 is 0. The van der Waals surface area contributed by atoms with Gasteiger partial charge in [-0.15, -0.1) is 0 Å². The number of nitrogens with one attached hydrogen (secondary N) is 1. The maximum atomic E-state index is 12.5. The Bertz CT molecular complexity index is 419. The molecule has 1 aromatic heterocycles.